The molecule has 0 aliphatic carbocycles. The van der Waals surface area contributed by atoms with E-state index in [2.05, 4.69) is 6.92 Å². The van der Waals surface area contributed by atoms with Crippen LogP contribution in [0.4, 0.5) is 0 Å². The van der Waals surface area contributed by atoms with Crippen LogP contribution in [0.2, 0.25) is 5.02 Å². The van der Waals surface area contributed by atoms with Gasteiger partial charge < -0.3 is 19.5 Å². The number of hydrogen-bond acceptors (Lipinski definition) is 4. The van der Waals surface area contributed by atoms with E-state index in [9.17, 15) is 9.90 Å². The molecule has 3 rings (SSSR count). The van der Waals surface area contributed by atoms with Crippen molar-refractivity contribution in [2.45, 2.75) is 45.3 Å². The molecule has 2 aromatic carbocycles. The largest absolute Gasteiger partial charge is 0.493 e. The number of rotatable bonds is 7. The van der Waals surface area contributed by atoms with Crippen molar-refractivity contribution in [3.05, 3.63) is 58.1 Å². The third-order valence-corrected chi connectivity index (χ3v) is 5.48. The fourth-order valence-electron chi connectivity index (χ4n) is 3.87. The van der Waals surface area contributed by atoms with E-state index >= 15 is 0 Å². The Balaban J connectivity index is 1.89. The molecule has 0 saturated carbocycles. The number of benzene rings is 2. The molecule has 0 fully saturated rings. The van der Waals surface area contributed by atoms with Gasteiger partial charge in [0.1, 0.15) is 5.60 Å². The Hall–Kier alpha value is -2.24. The van der Waals surface area contributed by atoms with Crippen LogP contribution in [-0.2, 0) is 12.8 Å². The first-order chi connectivity index (χ1) is 13.8. The third kappa shape index (κ3) is 4.68. The quantitative estimate of drug-likeness (QED) is 0.735. The lowest BCUT2D eigenvalue weighted by atomic mass is 9.91. The van der Waals surface area contributed by atoms with Crippen LogP contribution in [0.15, 0.2) is 36.4 Å². The highest BCUT2D eigenvalue weighted by atomic mass is 35.5. The number of methoxy groups -OCH3 is 1. The van der Waals surface area contributed by atoms with Crippen LogP contribution in [0.1, 0.15) is 42.3 Å². The van der Waals surface area contributed by atoms with Crippen molar-refractivity contribution in [2.24, 2.45) is 0 Å². The highest BCUT2D eigenvalue weighted by Gasteiger charge is 2.38. The molecule has 2 aromatic rings. The van der Waals surface area contributed by atoms with Gasteiger partial charge in [-0.2, -0.15) is 0 Å². The van der Waals surface area contributed by atoms with Crippen LogP contribution in [0, 0.1) is 0 Å². The Morgan fingerprint density at radius 1 is 1.31 bits per heavy atom. The minimum Gasteiger partial charge on any atom is -0.493 e. The molecule has 0 bridgehead atoms. The van der Waals surface area contributed by atoms with Gasteiger partial charge in [0.05, 0.1) is 13.7 Å². The van der Waals surface area contributed by atoms with E-state index in [1.165, 1.54) is 0 Å². The second-order valence-corrected chi connectivity index (χ2v) is 8.45. The second kappa shape index (κ2) is 8.64. The van der Waals surface area contributed by atoms with E-state index in [1.807, 2.05) is 44.2 Å². The van der Waals surface area contributed by atoms with Crippen molar-refractivity contribution in [2.75, 3.05) is 20.3 Å². The number of aliphatic hydroxyl groups is 1. The summed E-state index contributed by atoms with van der Waals surface area (Å²) in [4.78, 5) is 14.7. The minimum absolute atomic E-state index is 0.0136. The number of halogens is 1. The fraction of sp³-hybridized carbons (Fsp3) is 0.435. The summed E-state index contributed by atoms with van der Waals surface area (Å²) in [6, 6.07) is 11.4. The maximum atomic E-state index is 13.0. The van der Waals surface area contributed by atoms with Crippen LogP contribution in [0.3, 0.4) is 0 Å². The molecule has 0 saturated heterocycles. The summed E-state index contributed by atoms with van der Waals surface area (Å²) in [7, 11) is 1.58. The van der Waals surface area contributed by atoms with Crippen molar-refractivity contribution in [3.63, 3.8) is 0 Å². The fourth-order valence-corrected chi connectivity index (χ4v) is 3.99. The van der Waals surface area contributed by atoms with Crippen molar-refractivity contribution in [1.82, 2.24) is 4.90 Å². The monoisotopic (exact) mass is 417 g/mol. The molecule has 6 heteroatoms. The average molecular weight is 418 g/mol. The Morgan fingerprint density at radius 3 is 2.59 bits per heavy atom. The van der Waals surface area contributed by atoms with E-state index in [0.29, 0.717) is 41.5 Å². The van der Waals surface area contributed by atoms with Gasteiger partial charge in [0.15, 0.2) is 11.5 Å². The second-order valence-electron chi connectivity index (χ2n) is 8.01. The zero-order chi connectivity index (χ0) is 21.2. The summed E-state index contributed by atoms with van der Waals surface area (Å²) in [5, 5.41) is 10.0. The van der Waals surface area contributed by atoms with E-state index in [-0.39, 0.29) is 18.6 Å². The number of carbonyl (C=O) groups excluding carboxylic acids is 1. The van der Waals surface area contributed by atoms with Gasteiger partial charge >= 0.3 is 0 Å². The first-order valence-electron chi connectivity index (χ1n) is 9.82. The molecule has 1 atom stereocenters. The normalized spacial score (nSPS) is 17.8. The molecule has 1 unspecified atom stereocenters. The maximum Gasteiger partial charge on any atom is 0.254 e. The topological polar surface area (TPSA) is 59.0 Å². The Morgan fingerprint density at radius 2 is 2.00 bits per heavy atom. The van der Waals surface area contributed by atoms with Crippen LogP contribution < -0.4 is 9.47 Å². The number of hydrogen-bond donors (Lipinski definition) is 1. The molecule has 1 aliphatic rings. The van der Waals surface area contributed by atoms with Crippen LogP contribution in [0.25, 0.3) is 0 Å². The van der Waals surface area contributed by atoms with E-state index < -0.39 is 5.60 Å². The number of nitrogens with zero attached hydrogens (tertiary/aromatic N) is 1. The van der Waals surface area contributed by atoms with Gasteiger partial charge in [-0.1, -0.05) is 23.7 Å². The number of carbonyl (C=O) groups is 1. The zero-order valence-electron chi connectivity index (χ0n) is 17.4. The highest BCUT2D eigenvalue weighted by Crippen LogP contribution is 2.44. The third-order valence-electron chi connectivity index (χ3n) is 5.23. The molecule has 0 aromatic heterocycles. The van der Waals surface area contributed by atoms with Crippen molar-refractivity contribution in [1.29, 1.82) is 0 Å². The lowest BCUT2D eigenvalue weighted by molar-refractivity contribution is 0.0665. The van der Waals surface area contributed by atoms with E-state index in [1.54, 1.807) is 18.1 Å². The first-order valence-corrected chi connectivity index (χ1v) is 10.2. The Bertz CT molecular complexity index is 881. The predicted molar refractivity (Wildman–Crippen MR) is 114 cm³/mol. The maximum absolute atomic E-state index is 13.0. The Labute approximate surface area is 177 Å². The molecule has 1 amide bonds. The van der Waals surface area contributed by atoms with E-state index in [4.69, 9.17) is 21.1 Å². The minimum atomic E-state index is -0.437. The van der Waals surface area contributed by atoms with Gasteiger partial charge in [-0.05, 0) is 50.6 Å². The molecule has 29 heavy (non-hydrogen) atoms. The lowest BCUT2D eigenvalue weighted by Crippen LogP contribution is -2.39. The zero-order valence-corrected chi connectivity index (χ0v) is 18.1. The highest BCUT2D eigenvalue weighted by molar-refractivity contribution is 6.30. The molecule has 1 N–H and O–H groups in total. The average Bonchev–Trinajstić information content (AvgIpc) is 3.02. The number of ether oxygens (including phenoxy) is 2. The van der Waals surface area contributed by atoms with Crippen LogP contribution in [0.5, 0.6) is 11.5 Å². The number of fused-ring (bicyclic) bond motifs is 1. The van der Waals surface area contributed by atoms with Gasteiger partial charge in [-0.3, -0.25) is 4.79 Å². The lowest BCUT2D eigenvalue weighted by Gasteiger charge is -2.26. The summed E-state index contributed by atoms with van der Waals surface area (Å²) in [5.74, 6) is 1.12. The summed E-state index contributed by atoms with van der Waals surface area (Å²) < 4.78 is 11.9. The molecule has 0 radical (unpaired) electrons. The van der Waals surface area contributed by atoms with Gasteiger partial charge in [-0.15, -0.1) is 0 Å². The van der Waals surface area contributed by atoms with Crippen molar-refractivity contribution < 1.29 is 19.4 Å². The predicted octanol–water partition coefficient (Wildman–Crippen LogP) is 4.13. The first kappa shape index (κ1) is 21.5. The molecule has 1 heterocycles. The number of amides is 1. The summed E-state index contributed by atoms with van der Waals surface area (Å²) in [6.07, 6.45) is 1.39. The summed E-state index contributed by atoms with van der Waals surface area (Å²) >= 11 is 5.99. The smallest absolute Gasteiger partial charge is 0.254 e. The number of aliphatic hydroxyl groups excluding tert-OH is 1. The van der Waals surface area contributed by atoms with E-state index in [0.717, 1.165) is 11.1 Å². The SMILES string of the molecule is COc1cc(C(=O)N(CCO)C(C)C)cc2c1OC(C)(Cc1ccc(Cl)cc1)C2. The molecular weight excluding hydrogens is 390 g/mol. The molecule has 1 aliphatic heterocycles. The van der Waals surface area contributed by atoms with Crippen molar-refractivity contribution in [3.8, 4) is 11.5 Å². The van der Waals surface area contributed by atoms with Gasteiger partial charge in [0.2, 0.25) is 0 Å². The Kier molecular flexibility index (Phi) is 6.39. The van der Waals surface area contributed by atoms with Crippen molar-refractivity contribution >= 4 is 17.5 Å². The van der Waals surface area contributed by atoms with Crippen LogP contribution in [-0.4, -0.2) is 47.8 Å². The standard InChI is InChI=1S/C23H28ClNO4/c1-15(2)25(9-10-26)22(27)17-11-18-14-23(3,29-21(18)20(12-17)28-4)13-16-5-7-19(24)8-6-16/h5-8,11-12,15,26H,9-10,13-14H2,1-4H3. The molecule has 5 nitrogen and oxygen atoms in total. The van der Waals surface area contributed by atoms with Gasteiger partial charge in [-0.25, -0.2) is 0 Å². The molecule has 0 spiro atoms. The summed E-state index contributed by atoms with van der Waals surface area (Å²) in [6.45, 7) is 6.15. The van der Waals surface area contributed by atoms with Gasteiger partial charge in [0.25, 0.3) is 5.91 Å². The molecular formula is C23H28ClNO4. The summed E-state index contributed by atoms with van der Waals surface area (Å²) in [5.41, 5.74) is 2.20. The van der Waals surface area contributed by atoms with Crippen LogP contribution >= 0.6 is 11.6 Å². The molecule has 156 valence electrons. The van der Waals surface area contributed by atoms with Gasteiger partial charge in [0, 0.05) is 41.6 Å².